The maximum atomic E-state index is 13.8. The van der Waals surface area contributed by atoms with E-state index in [1.807, 2.05) is 17.2 Å². The standard InChI is InChI=1S/C21H27FN4O2/c22-19-4-1-2-5-20(19)28-18-8-14-24(15-9-18)17-6-12-25(13-7-17)21(27)16-26-11-3-10-23-26/h1-5,10-11,17-18H,6-9,12-16H2. The molecule has 150 valence electrons. The predicted octanol–water partition coefficient (Wildman–Crippen LogP) is 2.56. The average Bonchev–Trinajstić information content (AvgIpc) is 3.23. The summed E-state index contributed by atoms with van der Waals surface area (Å²) < 4.78 is 21.3. The molecule has 3 heterocycles. The molecule has 0 N–H and O–H groups in total. The van der Waals surface area contributed by atoms with Crippen LogP contribution in [0.2, 0.25) is 0 Å². The van der Waals surface area contributed by atoms with E-state index in [1.165, 1.54) is 6.07 Å². The average molecular weight is 386 g/mol. The SMILES string of the molecule is O=C(Cn1cccn1)N1CCC(N2CCC(Oc3ccccc3F)CC2)CC1. The summed E-state index contributed by atoms with van der Waals surface area (Å²) in [4.78, 5) is 16.9. The number of rotatable bonds is 5. The summed E-state index contributed by atoms with van der Waals surface area (Å²) in [6.07, 6.45) is 7.41. The highest BCUT2D eigenvalue weighted by Crippen LogP contribution is 2.25. The van der Waals surface area contributed by atoms with Crippen molar-refractivity contribution in [2.45, 2.75) is 44.4 Å². The van der Waals surface area contributed by atoms with E-state index in [-0.39, 0.29) is 17.8 Å². The predicted molar refractivity (Wildman–Crippen MR) is 103 cm³/mol. The molecule has 0 unspecified atom stereocenters. The van der Waals surface area contributed by atoms with Crippen molar-refractivity contribution in [2.24, 2.45) is 0 Å². The molecule has 1 aromatic heterocycles. The maximum absolute atomic E-state index is 13.8. The first kappa shape index (κ1) is 18.9. The van der Waals surface area contributed by atoms with Crippen molar-refractivity contribution in [2.75, 3.05) is 26.2 Å². The summed E-state index contributed by atoms with van der Waals surface area (Å²) in [5, 5.41) is 4.11. The van der Waals surface area contributed by atoms with Gasteiger partial charge >= 0.3 is 0 Å². The maximum Gasteiger partial charge on any atom is 0.244 e. The van der Waals surface area contributed by atoms with Gasteiger partial charge in [-0.25, -0.2) is 4.39 Å². The zero-order valence-corrected chi connectivity index (χ0v) is 16.0. The van der Waals surface area contributed by atoms with Gasteiger partial charge in [-0.1, -0.05) is 12.1 Å². The topological polar surface area (TPSA) is 50.6 Å². The van der Waals surface area contributed by atoms with Crippen molar-refractivity contribution in [1.29, 1.82) is 0 Å². The van der Waals surface area contributed by atoms with Crippen molar-refractivity contribution in [3.8, 4) is 5.75 Å². The van der Waals surface area contributed by atoms with Gasteiger partial charge in [0, 0.05) is 44.6 Å². The van der Waals surface area contributed by atoms with Crippen LogP contribution in [0.3, 0.4) is 0 Å². The van der Waals surface area contributed by atoms with Crippen molar-refractivity contribution >= 4 is 5.91 Å². The highest BCUT2D eigenvalue weighted by molar-refractivity contribution is 5.76. The van der Waals surface area contributed by atoms with Crippen LogP contribution in [0.4, 0.5) is 4.39 Å². The summed E-state index contributed by atoms with van der Waals surface area (Å²) >= 11 is 0. The molecule has 2 saturated heterocycles. The number of piperidine rings is 2. The molecular weight excluding hydrogens is 359 g/mol. The lowest BCUT2D eigenvalue weighted by Gasteiger charge is -2.41. The Morgan fingerprint density at radius 3 is 2.50 bits per heavy atom. The van der Waals surface area contributed by atoms with Gasteiger partial charge in [0.1, 0.15) is 12.6 Å². The summed E-state index contributed by atoms with van der Waals surface area (Å²) in [6, 6.07) is 8.96. The Balaban J connectivity index is 1.21. The van der Waals surface area contributed by atoms with Crippen LogP contribution in [-0.4, -0.2) is 63.8 Å². The lowest BCUT2D eigenvalue weighted by atomic mass is 9.98. The highest BCUT2D eigenvalue weighted by Gasteiger charge is 2.30. The molecule has 1 amide bonds. The zero-order chi connectivity index (χ0) is 19.3. The van der Waals surface area contributed by atoms with E-state index < -0.39 is 0 Å². The summed E-state index contributed by atoms with van der Waals surface area (Å²) in [5.74, 6) is 0.196. The van der Waals surface area contributed by atoms with Gasteiger partial charge in [0.05, 0.1) is 0 Å². The Morgan fingerprint density at radius 1 is 1.07 bits per heavy atom. The van der Waals surface area contributed by atoms with Crippen molar-refractivity contribution in [3.05, 3.63) is 48.5 Å². The van der Waals surface area contributed by atoms with E-state index in [1.54, 1.807) is 29.1 Å². The fraction of sp³-hybridized carbons (Fsp3) is 0.524. The van der Waals surface area contributed by atoms with Crippen LogP contribution in [0.5, 0.6) is 5.75 Å². The second-order valence-corrected chi connectivity index (χ2v) is 7.60. The molecule has 2 aliphatic heterocycles. The lowest BCUT2D eigenvalue weighted by molar-refractivity contribution is -0.133. The third-order valence-corrected chi connectivity index (χ3v) is 5.80. The van der Waals surface area contributed by atoms with Crippen LogP contribution >= 0.6 is 0 Å². The van der Waals surface area contributed by atoms with Gasteiger partial charge in [0.15, 0.2) is 11.6 Å². The van der Waals surface area contributed by atoms with Gasteiger partial charge in [0.2, 0.25) is 5.91 Å². The minimum atomic E-state index is -0.294. The number of benzene rings is 1. The van der Waals surface area contributed by atoms with E-state index in [4.69, 9.17) is 4.74 Å². The molecule has 0 aliphatic carbocycles. The Hall–Kier alpha value is -2.41. The molecule has 0 spiro atoms. The van der Waals surface area contributed by atoms with Gasteiger partial charge in [-0.3, -0.25) is 14.4 Å². The molecule has 0 atom stereocenters. The van der Waals surface area contributed by atoms with E-state index in [2.05, 4.69) is 10.00 Å². The summed E-state index contributed by atoms with van der Waals surface area (Å²) in [5.41, 5.74) is 0. The van der Waals surface area contributed by atoms with Crippen LogP contribution < -0.4 is 4.74 Å². The smallest absolute Gasteiger partial charge is 0.244 e. The number of hydrogen-bond acceptors (Lipinski definition) is 4. The number of carbonyl (C=O) groups is 1. The molecule has 2 aromatic rings. The molecule has 28 heavy (non-hydrogen) atoms. The number of amides is 1. The number of nitrogens with zero attached hydrogens (tertiary/aromatic N) is 4. The number of carbonyl (C=O) groups excluding carboxylic acids is 1. The number of halogens is 1. The first-order valence-electron chi connectivity index (χ1n) is 10.1. The van der Waals surface area contributed by atoms with Crippen molar-refractivity contribution in [3.63, 3.8) is 0 Å². The molecule has 2 fully saturated rings. The molecular formula is C21H27FN4O2. The quantitative estimate of drug-likeness (QED) is 0.793. The summed E-state index contributed by atoms with van der Waals surface area (Å²) in [7, 11) is 0. The normalized spacial score (nSPS) is 19.7. The van der Waals surface area contributed by atoms with E-state index in [0.29, 0.717) is 18.3 Å². The Kier molecular flexibility index (Phi) is 5.90. The van der Waals surface area contributed by atoms with Crippen LogP contribution in [0.15, 0.2) is 42.7 Å². The first-order chi connectivity index (χ1) is 13.7. The largest absolute Gasteiger partial charge is 0.487 e. The fourth-order valence-corrected chi connectivity index (χ4v) is 4.19. The lowest BCUT2D eigenvalue weighted by Crippen LogP contribution is -2.50. The molecule has 0 radical (unpaired) electrons. The van der Waals surface area contributed by atoms with Crippen LogP contribution in [0, 0.1) is 5.82 Å². The first-order valence-corrected chi connectivity index (χ1v) is 10.1. The number of aromatic nitrogens is 2. The number of likely N-dealkylation sites (tertiary alicyclic amines) is 2. The second-order valence-electron chi connectivity index (χ2n) is 7.60. The molecule has 2 aliphatic rings. The molecule has 7 heteroatoms. The van der Waals surface area contributed by atoms with Gasteiger partial charge in [-0.2, -0.15) is 5.10 Å². The minimum absolute atomic E-state index is 0.0730. The third-order valence-electron chi connectivity index (χ3n) is 5.80. The van der Waals surface area contributed by atoms with Crippen LogP contribution in [0.25, 0.3) is 0 Å². The third kappa shape index (κ3) is 4.52. The number of ether oxygens (including phenoxy) is 1. The zero-order valence-electron chi connectivity index (χ0n) is 16.0. The van der Waals surface area contributed by atoms with Crippen LogP contribution in [-0.2, 0) is 11.3 Å². The van der Waals surface area contributed by atoms with Gasteiger partial charge in [-0.15, -0.1) is 0 Å². The number of para-hydroxylation sites is 1. The minimum Gasteiger partial charge on any atom is -0.487 e. The fourth-order valence-electron chi connectivity index (χ4n) is 4.19. The van der Waals surface area contributed by atoms with Gasteiger partial charge in [0.25, 0.3) is 0 Å². The molecule has 4 rings (SSSR count). The van der Waals surface area contributed by atoms with Crippen molar-refractivity contribution in [1.82, 2.24) is 19.6 Å². The van der Waals surface area contributed by atoms with Crippen LogP contribution in [0.1, 0.15) is 25.7 Å². The monoisotopic (exact) mass is 386 g/mol. The molecule has 1 aromatic carbocycles. The van der Waals surface area contributed by atoms with E-state index >= 15 is 0 Å². The highest BCUT2D eigenvalue weighted by atomic mass is 19.1. The Bertz CT molecular complexity index is 766. The van der Waals surface area contributed by atoms with E-state index in [0.717, 1.165) is 51.9 Å². The Morgan fingerprint density at radius 2 is 1.82 bits per heavy atom. The van der Waals surface area contributed by atoms with Gasteiger partial charge in [-0.05, 0) is 43.9 Å². The number of hydrogen-bond donors (Lipinski definition) is 0. The molecule has 6 nitrogen and oxygen atoms in total. The second kappa shape index (κ2) is 8.73. The van der Waals surface area contributed by atoms with E-state index in [9.17, 15) is 9.18 Å². The molecule has 0 saturated carbocycles. The molecule has 0 bridgehead atoms. The van der Waals surface area contributed by atoms with Crippen molar-refractivity contribution < 1.29 is 13.9 Å². The summed E-state index contributed by atoms with van der Waals surface area (Å²) in [6.45, 7) is 3.85. The van der Waals surface area contributed by atoms with Gasteiger partial charge < -0.3 is 9.64 Å². The Labute approximate surface area is 164 Å².